The van der Waals surface area contributed by atoms with Gasteiger partial charge in [-0.25, -0.2) is 14.2 Å². The Morgan fingerprint density at radius 1 is 1.23 bits per heavy atom. The van der Waals surface area contributed by atoms with Gasteiger partial charge in [-0.15, -0.1) is 0 Å². The number of amides is 1. The molecule has 176 valence electrons. The molecule has 8 atom stereocenters. The summed E-state index contributed by atoms with van der Waals surface area (Å²) in [5.41, 5.74) is 5.98. The van der Waals surface area contributed by atoms with Gasteiger partial charge < -0.3 is 31.3 Å². The molecule has 0 saturated carbocycles. The van der Waals surface area contributed by atoms with Crippen molar-refractivity contribution in [3.63, 3.8) is 0 Å². The molecule has 0 aromatic carbocycles. The van der Waals surface area contributed by atoms with Crippen LogP contribution in [0.15, 0.2) is 0 Å². The molecule has 1 amide bonds. The minimum Gasteiger partial charge on any atom is -0.390 e. The minimum atomic E-state index is -1.15. The molecule has 10 heteroatoms. The highest BCUT2D eigenvalue weighted by atomic mass is 19.1. The zero-order chi connectivity index (χ0) is 22.4. The van der Waals surface area contributed by atoms with E-state index in [9.17, 15) is 24.5 Å². The molecule has 0 unspecified atom stereocenters. The highest BCUT2D eigenvalue weighted by Crippen LogP contribution is 2.24. The molecule has 0 radical (unpaired) electrons. The molecule has 2 saturated heterocycles. The van der Waals surface area contributed by atoms with Crippen molar-refractivity contribution in [3.05, 3.63) is 0 Å². The monoisotopic (exact) mass is 435 g/mol. The van der Waals surface area contributed by atoms with Gasteiger partial charge in [-0.2, -0.15) is 0 Å². The number of β-amino-alcohol motifs (C(OH)–C–C–N with tert-alkyl or cyclic N) is 1. The molecule has 0 aromatic heterocycles. The second-order valence-corrected chi connectivity index (χ2v) is 8.95. The molecule has 6 N–H and O–H groups in total. The maximum Gasteiger partial charge on any atom is 0.239 e. The van der Waals surface area contributed by atoms with Gasteiger partial charge in [-0.1, -0.05) is 20.8 Å². The Bertz CT molecular complexity index is 543. The van der Waals surface area contributed by atoms with E-state index in [0.717, 1.165) is 0 Å². The van der Waals surface area contributed by atoms with Crippen LogP contribution < -0.4 is 11.1 Å². The molecule has 2 aliphatic heterocycles. The van der Waals surface area contributed by atoms with E-state index in [1.165, 1.54) is 4.90 Å². The van der Waals surface area contributed by atoms with Gasteiger partial charge in [-0.05, 0) is 18.8 Å². The van der Waals surface area contributed by atoms with Crippen LogP contribution in [-0.2, 0) is 14.6 Å². The standard InChI is InChI=1S/C20H38FN3O6/c1-4-14(21)13-6-23-7-17(19(13)27)30-29-10-12-8-24(9-16(25)18(12)26)20(28)15(22)5-11(2)3/h11-19,23,25-27H,4-10,22H2,1-3H3/t12-,13-,14-,15-,16-,17-,18-,19-/m1/s1. The van der Waals surface area contributed by atoms with E-state index in [0.29, 0.717) is 25.9 Å². The first-order valence-corrected chi connectivity index (χ1v) is 10.9. The second-order valence-electron chi connectivity index (χ2n) is 8.95. The lowest BCUT2D eigenvalue weighted by atomic mass is 9.89. The highest BCUT2D eigenvalue weighted by Gasteiger charge is 2.40. The van der Waals surface area contributed by atoms with Gasteiger partial charge >= 0.3 is 0 Å². The zero-order valence-electron chi connectivity index (χ0n) is 18.1. The molecule has 2 rings (SSSR count). The molecule has 2 fully saturated rings. The second kappa shape index (κ2) is 11.7. The average molecular weight is 436 g/mol. The molecule has 0 bridgehead atoms. The van der Waals surface area contributed by atoms with Crippen molar-refractivity contribution in [2.75, 3.05) is 32.8 Å². The summed E-state index contributed by atoms with van der Waals surface area (Å²) in [7, 11) is 0. The van der Waals surface area contributed by atoms with Crippen LogP contribution in [0.3, 0.4) is 0 Å². The van der Waals surface area contributed by atoms with E-state index in [1.54, 1.807) is 6.92 Å². The lowest BCUT2D eigenvalue weighted by Crippen LogP contribution is -2.58. The van der Waals surface area contributed by atoms with Crippen molar-refractivity contribution in [1.82, 2.24) is 10.2 Å². The van der Waals surface area contributed by atoms with Gasteiger partial charge in [-0.3, -0.25) is 4.79 Å². The number of nitrogens with zero attached hydrogens (tertiary/aromatic N) is 1. The molecule has 9 nitrogen and oxygen atoms in total. The first kappa shape index (κ1) is 25.4. The Kier molecular flexibility index (Phi) is 9.86. The van der Waals surface area contributed by atoms with Crippen LogP contribution in [0.2, 0.25) is 0 Å². The summed E-state index contributed by atoms with van der Waals surface area (Å²) < 4.78 is 14.0. The molecule has 0 aromatic rings. The van der Waals surface area contributed by atoms with E-state index < -0.39 is 48.5 Å². The molecular formula is C20H38FN3O6. The third-order valence-electron chi connectivity index (χ3n) is 5.97. The van der Waals surface area contributed by atoms with Crippen molar-refractivity contribution in [1.29, 1.82) is 0 Å². The topological polar surface area (TPSA) is 138 Å². The largest absolute Gasteiger partial charge is 0.390 e. The van der Waals surface area contributed by atoms with Crippen molar-refractivity contribution < 1.29 is 34.3 Å². The lowest BCUT2D eigenvalue weighted by Gasteiger charge is -2.40. The molecular weight excluding hydrogens is 397 g/mol. The van der Waals surface area contributed by atoms with Crippen LogP contribution in [0.5, 0.6) is 0 Å². The van der Waals surface area contributed by atoms with Gasteiger partial charge in [0.1, 0.15) is 12.3 Å². The average Bonchev–Trinajstić information content (AvgIpc) is 2.70. The van der Waals surface area contributed by atoms with E-state index in [1.807, 2.05) is 13.8 Å². The summed E-state index contributed by atoms with van der Waals surface area (Å²) in [5.74, 6) is -1.19. The van der Waals surface area contributed by atoms with E-state index in [2.05, 4.69) is 5.32 Å². The summed E-state index contributed by atoms with van der Waals surface area (Å²) in [6.07, 6.45) is -4.30. The summed E-state index contributed by atoms with van der Waals surface area (Å²) in [4.78, 5) is 24.6. The third kappa shape index (κ3) is 6.56. The summed E-state index contributed by atoms with van der Waals surface area (Å²) >= 11 is 0. The van der Waals surface area contributed by atoms with Crippen LogP contribution >= 0.6 is 0 Å². The zero-order valence-corrected chi connectivity index (χ0v) is 18.1. The van der Waals surface area contributed by atoms with Crippen LogP contribution in [0.1, 0.15) is 33.6 Å². The van der Waals surface area contributed by atoms with Crippen molar-refractivity contribution in [2.24, 2.45) is 23.5 Å². The molecule has 0 aliphatic carbocycles. The third-order valence-corrected chi connectivity index (χ3v) is 5.97. The molecule has 2 aliphatic rings. The van der Waals surface area contributed by atoms with Gasteiger partial charge in [0.05, 0.1) is 31.0 Å². The first-order chi connectivity index (χ1) is 14.1. The summed E-state index contributed by atoms with van der Waals surface area (Å²) in [6.45, 7) is 6.40. The number of hydrogen-bond acceptors (Lipinski definition) is 8. The van der Waals surface area contributed by atoms with Crippen molar-refractivity contribution in [2.45, 2.75) is 70.2 Å². The quantitative estimate of drug-likeness (QED) is 0.234. The number of likely N-dealkylation sites (tertiary alicyclic amines) is 1. The Labute approximate surface area is 177 Å². The fourth-order valence-electron chi connectivity index (χ4n) is 4.15. The number of nitrogens with two attached hydrogens (primary N) is 1. The van der Waals surface area contributed by atoms with Crippen LogP contribution in [0.25, 0.3) is 0 Å². The van der Waals surface area contributed by atoms with Crippen molar-refractivity contribution >= 4 is 5.91 Å². The normalized spacial score (nSPS) is 34.8. The number of hydrogen-bond donors (Lipinski definition) is 5. The fourth-order valence-corrected chi connectivity index (χ4v) is 4.15. The number of aliphatic hydroxyl groups is 3. The summed E-state index contributed by atoms with van der Waals surface area (Å²) in [6, 6.07) is -0.669. The van der Waals surface area contributed by atoms with Crippen LogP contribution in [0, 0.1) is 17.8 Å². The Balaban J connectivity index is 1.88. The number of rotatable bonds is 9. The SMILES string of the molecule is CC[C@@H](F)[C@H]1CNC[C@@H](OOC[C@H]2CN(C(=O)[C@H](N)CC(C)C)C[C@@H](O)[C@@H]2O)[C@@H]1O. The number of nitrogens with one attached hydrogen (secondary N) is 1. The fraction of sp³-hybridized carbons (Fsp3) is 0.950. The number of piperidine rings is 2. The number of aliphatic hydroxyl groups excluding tert-OH is 3. The Morgan fingerprint density at radius 3 is 2.57 bits per heavy atom. The maximum absolute atomic E-state index is 14.0. The molecule has 30 heavy (non-hydrogen) atoms. The Hall–Kier alpha value is -0.880. The lowest BCUT2D eigenvalue weighted by molar-refractivity contribution is -0.352. The predicted octanol–water partition coefficient (Wildman–Crippen LogP) is -0.815. The van der Waals surface area contributed by atoms with Crippen LogP contribution in [0.4, 0.5) is 4.39 Å². The highest BCUT2D eigenvalue weighted by molar-refractivity contribution is 5.81. The minimum absolute atomic E-state index is 0.00496. The number of carbonyl (C=O) groups is 1. The number of carbonyl (C=O) groups excluding carboxylic acids is 1. The molecule has 0 spiro atoms. The van der Waals surface area contributed by atoms with E-state index in [4.69, 9.17) is 15.5 Å². The molecule has 2 heterocycles. The summed E-state index contributed by atoms with van der Waals surface area (Å²) in [5, 5.41) is 33.9. The van der Waals surface area contributed by atoms with Gasteiger partial charge in [0.2, 0.25) is 5.91 Å². The van der Waals surface area contributed by atoms with E-state index in [-0.39, 0.29) is 31.5 Å². The Morgan fingerprint density at radius 2 is 1.93 bits per heavy atom. The number of alkyl halides is 1. The van der Waals surface area contributed by atoms with Gasteiger partial charge in [0.25, 0.3) is 0 Å². The smallest absolute Gasteiger partial charge is 0.239 e. The first-order valence-electron chi connectivity index (χ1n) is 10.9. The van der Waals surface area contributed by atoms with Gasteiger partial charge in [0, 0.05) is 38.0 Å². The van der Waals surface area contributed by atoms with Crippen molar-refractivity contribution in [3.8, 4) is 0 Å². The maximum atomic E-state index is 14.0. The van der Waals surface area contributed by atoms with Crippen LogP contribution in [-0.4, -0.2) is 95.5 Å². The van der Waals surface area contributed by atoms with E-state index >= 15 is 0 Å². The van der Waals surface area contributed by atoms with Gasteiger partial charge in [0.15, 0.2) is 0 Å². The number of halogens is 1. The predicted molar refractivity (Wildman–Crippen MR) is 108 cm³/mol.